The number of nitrogens with two attached hydrogens (primary N) is 1. The molecule has 0 aromatic rings. The molecule has 0 aromatic heterocycles. The van der Waals surface area contributed by atoms with Crippen LogP contribution in [0.4, 0.5) is 0 Å². The molecule has 0 bridgehead atoms. The summed E-state index contributed by atoms with van der Waals surface area (Å²) in [6.45, 7) is 8.98. The molecule has 1 amide bonds. The molecule has 110 valence electrons. The van der Waals surface area contributed by atoms with E-state index >= 15 is 0 Å². The number of nitrogens with zero attached hydrogens (tertiary/aromatic N) is 2. The van der Waals surface area contributed by atoms with E-state index in [1.54, 1.807) is 0 Å². The van der Waals surface area contributed by atoms with Crippen molar-refractivity contribution in [1.29, 1.82) is 0 Å². The van der Waals surface area contributed by atoms with Crippen molar-refractivity contribution in [3.63, 3.8) is 0 Å². The lowest BCUT2D eigenvalue weighted by molar-refractivity contribution is -0.154. The van der Waals surface area contributed by atoms with Gasteiger partial charge < -0.3 is 15.4 Å². The molecule has 5 nitrogen and oxygen atoms in total. The third kappa shape index (κ3) is 3.27. The van der Waals surface area contributed by atoms with Crippen LogP contribution in [0.1, 0.15) is 26.7 Å². The Balaban J connectivity index is 2.01. The summed E-state index contributed by atoms with van der Waals surface area (Å²) in [5.41, 5.74) is 5.86. The van der Waals surface area contributed by atoms with Crippen molar-refractivity contribution < 1.29 is 9.53 Å². The average Bonchev–Trinajstić information content (AvgIpc) is 2.46. The number of carbonyl (C=O) groups is 1. The fourth-order valence-corrected chi connectivity index (χ4v) is 3.21. The highest BCUT2D eigenvalue weighted by molar-refractivity contribution is 5.81. The van der Waals surface area contributed by atoms with Crippen LogP contribution in [0.3, 0.4) is 0 Å². The van der Waals surface area contributed by atoms with Gasteiger partial charge in [0.25, 0.3) is 5.91 Å². The number of likely N-dealkylation sites (N-methyl/N-ethyl adjacent to an activating group) is 1. The van der Waals surface area contributed by atoms with Crippen molar-refractivity contribution in [2.75, 3.05) is 39.3 Å². The van der Waals surface area contributed by atoms with Gasteiger partial charge in [0, 0.05) is 32.2 Å². The fraction of sp³-hybridized carbons (Fsp3) is 0.929. The molecular formula is C14H27N3O2. The van der Waals surface area contributed by atoms with E-state index in [9.17, 15) is 4.79 Å². The van der Waals surface area contributed by atoms with Crippen molar-refractivity contribution in [3.05, 3.63) is 0 Å². The van der Waals surface area contributed by atoms with E-state index in [4.69, 9.17) is 10.5 Å². The summed E-state index contributed by atoms with van der Waals surface area (Å²) in [7, 11) is 0. The number of morpholine rings is 1. The van der Waals surface area contributed by atoms with Crippen molar-refractivity contribution in [3.8, 4) is 0 Å². The predicted octanol–water partition coefficient (Wildman–Crippen LogP) is 0.293. The first-order chi connectivity index (χ1) is 9.17. The van der Waals surface area contributed by atoms with E-state index in [0.29, 0.717) is 19.1 Å². The SMILES string of the molecule is CCN1CCO[C@H](C(=O)N2CCC[C@@H](C)[C@H]2CN)C1. The average molecular weight is 269 g/mol. The monoisotopic (exact) mass is 269 g/mol. The van der Waals surface area contributed by atoms with Crippen LogP contribution >= 0.6 is 0 Å². The minimum absolute atomic E-state index is 0.139. The highest BCUT2D eigenvalue weighted by Gasteiger charge is 2.36. The van der Waals surface area contributed by atoms with Crippen LogP contribution in [-0.4, -0.2) is 67.2 Å². The van der Waals surface area contributed by atoms with Gasteiger partial charge in [0.05, 0.1) is 6.61 Å². The Bertz CT molecular complexity index is 311. The zero-order chi connectivity index (χ0) is 13.8. The van der Waals surface area contributed by atoms with Crippen LogP contribution < -0.4 is 5.73 Å². The summed E-state index contributed by atoms with van der Waals surface area (Å²) < 4.78 is 5.68. The number of hydrogen-bond donors (Lipinski definition) is 1. The van der Waals surface area contributed by atoms with Gasteiger partial charge in [-0.25, -0.2) is 0 Å². The summed E-state index contributed by atoms with van der Waals surface area (Å²) >= 11 is 0. The Morgan fingerprint density at radius 2 is 2.21 bits per heavy atom. The third-order valence-corrected chi connectivity index (χ3v) is 4.51. The van der Waals surface area contributed by atoms with Crippen LogP contribution in [0.2, 0.25) is 0 Å². The maximum Gasteiger partial charge on any atom is 0.253 e. The van der Waals surface area contributed by atoms with Gasteiger partial charge in [0.2, 0.25) is 0 Å². The lowest BCUT2D eigenvalue weighted by Crippen LogP contribution is -2.57. The Hall–Kier alpha value is -0.650. The Morgan fingerprint density at radius 1 is 1.42 bits per heavy atom. The standard InChI is InChI=1S/C14H27N3O2/c1-3-16-7-8-19-13(10-16)14(18)17-6-4-5-11(2)12(17)9-15/h11-13H,3-10,15H2,1-2H3/t11-,12-,13+/m1/s1. The van der Waals surface area contributed by atoms with Gasteiger partial charge in [-0.2, -0.15) is 0 Å². The van der Waals surface area contributed by atoms with E-state index in [2.05, 4.69) is 18.7 Å². The second kappa shape index (κ2) is 6.68. The molecule has 2 aliphatic rings. The molecule has 2 fully saturated rings. The molecule has 19 heavy (non-hydrogen) atoms. The van der Waals surface area contributed by atoms with Gasteiger partial charge in [-0.3, -0.25) is 9.69 Å². The van der Waals surface area contributed by atoms with Gasteiger partial charge in [0.1, 0.15) is 6.10 Å². The van der Waals surface area contributed by atoms with E-state index < -0.39 is 0 Å². The smallest absolute Gasteiger partial charge is 0.253 e. The molecular weight excluding hydrogens is 242 g/mol. The Morgan fingerprint density at radius 3 is 2.89 bits per heavy atom. The summed E-state index contributed by atoms with van der Waals surface area (Å²) in [4.78, 5) is 16.9. The summed E-state index contributed by atoms with van der Waals surface area (Å²) in [6.07, 6.45) is 1.94. The number of hydrogen-bond acceptors (Lipinski definition) is 4. The number of carbonyl (C=O) groups excluding carboxylic acids is 1. The molecule has 2 rings (SSSR count). The second-order valence-electron chi connectivity index (χ2n) is 5.71. The maximum atomic E-state index is 12.6. The number of amides is 1. The zero-order valence-corrected chi connectivity index (χ0v) is 12.2. The summed E-state index contributed by atoms with van der Waals surface area (Å²) in [6, 6.07) is 0.182. The van der Waals surface area contributed by atoms with E-state index in [0.717, 1.165) is 39.0 Å². The molecule has 0 radical (unpaired) electrons. The molecule has 0 unspecified atom stereocenters. The van der Waals surface area contributed by atoms with Gasteiger partial charge >= 0.3 is 0 Å². The number of likely N-dealkylation sites (tertiary alicyclic amines) is 1. The Kier molecular flexibility index (Phi) is 5.19. The van der Waals surface area contributed by atoms with E-state index in [1.807, 2.05) is 4.90 Å². The molecule has 2 aliphatic heterocycles. The summed E-state index contributed by atoms with van der Waals surface area (Å²) in [5, 5.41) is 0. The van der Waals surface area contributed by atoms with Gasteiger partial charge in [0.15, 0.2) is 0 Å². The van der Waals surface area contributed by atoms with Crippen molar-refractivity contribution >= 4 is 5.91 Å². The van der Waals surface area contributed by atoms with Crippen LogP contribution in [-0.2, 0) is 9.53 Å². The first kappa shape index (κ1) is 14.8. The molecule has 0 aliphatic carbocycles. The molecule has 2 saturated heterocycles. The lowest BCUT2D eigenvalue weighted by atomic mass is 9.90. The highest BCUT2D eigenvalue weighted by Crippen LogP contribution is 2.24. The number of ether oxygens (including phenoxy) is 1. The van der Waals surface area contributed by atoms with E-state index in [-0.39, 0.29) is 18.1 Å². The fourth-order valence-electron chi connectivity index (χ4n) is 3.21. The molecule has 2 N–H and O–H groups in total. The molecule has 5 heteroatoms. The Labute approximate surface area is 116 Å². The lowest BCUT2D eigenvalue weighted by Gasteiger charge is -2.42. The van der Waals surface area contributed by atoms with E-state index in [1.165, 1.54) is 0 Å². The van der Waals surface area contributed by atoms with Gasteiger partial charge in [-0.1, -0.05) is 13.8 Å². The van der Waals surface area contributed by atoms with Crippen molar-refractivity contribution in [2.24, 2.45) is 11.7 Å². The quantitative estimate of drug-likeness (QED) is 0.800. The van der Waals surface area contributed by atoms with Crippen LogP contribution in [0, 0.1) is 5.92 Å². The molecule has 0 aromatic carbocycles. The zero-order valence-electron chi connectivity index (χ0n) is 12.2. The first-order valence-electron chi connectivity index (χ1n) is 7.51. The predicted molar refractivity (Wildman–Crippen MR) is 74.8 cm³/mol. The minimum atomic E-state index is -0.298. The molecule has 2 heterocycles. The molecule has 0 spiro atoms. The first-order valence-corrected chi connectivity index (χ1v) is 7.51. The normalized spacial score (nSPS) is 33.4. The van der Waals surface area contributed by atoms with Crippen molar-refractivity contribution in [1.82, 2.24) is 9.80 Å². The third-order valence-electron chi connectivity index (χ3n) is 4.51. The highest BCUT2D eigenvalue weighted by atomic mass is 16.5. The molecule has 3 atom stereocenters. The maximum absolute atomic E-state index is 12.6. The van der Waals surface area contributed by atoms with Crippen molar-refractivity contribution in [2.45, 2.75) is 38.8 Å². The largest absolute Gasteiger partial charge is 0.366 e. The van der Waals surface area contributed by atoms with Gasteiger partial charge in [-0.15, -0.1) is 0 Å². The summed E-state index contributed by atoms with van der Waals surface area (Å²) in [5.74, 6) is 0.633. The minimum Gasteiger partial charge on any atom is -0.366 e. The van der Waals surface area contributed by atoms with Gasteiger partial charge in [-0.05, 0) is 25.3 Å². The second-order valence-corrected chi connectivity index (χ2v) is 5.71. The van der Waals surface area contributed by atoms with Crippen LogP contribution in [0.25, 0.3) is 0 Å². The van der Waals surface area contributed by atoms with Crippen LogP contribution in [0.15, 0.2) is 0 Å². The number of piperidine rings is 1. The topological polar surface area (TPSA) is 58.8 Å². The number of rotatable bonds is 3. The van der Waals surface area contributed by atoms with Crippen LogP contribution in [0.5, 0.6) is 0 Å². The molecule has 0 saturated carbocycles.